The van der Waals surface area contributed by atoms with E-state index in [1.165, 1.54) is 288 Å². The molecular formula is C55H102O4. The summed E-state index contributed by atoms with van der Waals surface area (Å²) < 4.78 is 0. The van der Waals surface area contributed by atoms with Crippen molar-refractivity contribution in [3.8, 4) is 0 Å². The number of carboxylic acids is 2. The summed E-state index contributed by atoms with van der Waals surface area (Å²) in [4.78, 5) is 20.9. The molecule has 0 amide bonds. The lowest BCUT2D eigenvalue weighted by atomic mass is 10.0. The Balaban J connectivity index is 3.11. The molecule has 0 saturated carbocycles. The molecule has 0 aliphatic rings. The van der Waals surface area contributed by atoms with Crippen LogP contribution in [0.3, 0.4) is 0 Å². The van der Waals surface area contributed by atoms with E-state index in [9.17, 15) is 9.59 Å². The third-order valence-electron chi connectivity index (χ3n) is 12.4. The van der Waals surface area contributed by atoms with E-state index in [4.69, 9.17) is 10.2 Å². The smallest absolute Gasteiger partial charge is 0.327 e. The van der Waals surface area contributed by atoms with Gasteiger partial charge >= 0.3 is 11.9 Å². The van der Waals surface area contributed by atoms with E-state index < -0.39 is 11.9 Å². The molecule has 0 rings (SSSR count). The second-order valence-electron chi connectivity index (χ2n) is 18.3. The van der Waals surface area contributed by atoms with Gasteiger partial charge in [-0.1, -0.05) is 275 Å². The van der Waals surface area contributed by atoms with Gasteiger partial charge in [0.05, 0.1) is 0 Å². The minimum Gasteiger partial charge on any atom is -0.478 e. The molecule has 0 aliphatic heterocycles. The first-order chi connectivity index (χ1) is 29.1. The van der Waals surface area contributed by atoms with Crippen LogP contribution in [0.4, 0.5) is 0 Å². The van der Waals surface area contributed by atoms with Crippen LogP contribution >= 0.6 is 0 Å². The Kier molecular flexibility index (Phi) is 50.7. The number of unbranched alkanes of at least 4 members (excludes halogenated alkanes) is 45. The highest BCUT2D eigenvalue weighted by Crippen LogP contribution is 2.18. The van der Waals surface area contributed by atoms with Gasteiger partial charge in [-0.25, -0.2) is 9.59 Å². The second kappa shape index (κ2) is 52.3. The predicted molar refractivity (Wildman–Crippen MR) is 260 cm³/mol. The minimum absolute atomic E-state index is 0.830. The second-order valence-corrected chi connectivity index (χ2v) is 18.3. The van der Waals surface area contributed by atoms with Crippen molar-refractivity contribution in [2.45, 2.75) is 302 Å². The van der Waals surface area contributed by atoms with Gasteiger partial charge in [-0.2, -0.15) is 0 Å². The number of rotatable bonds is 51. The largest absolute Gasteiger partial charge is 0.478 e. The van der Waals surface area contributed by atoms with Gasteiger partial charge in [0.25, 0.3) is 0 Å². The van der Waals surface area contributed by atoms with E-state index in [0.717, 1.165) is 25.7 Å². The number of hydrogen-bond acceptors (Lipinski definition) is 2. The molecule has 0 radical (unpaired) electrons. The quantitative estimate of drug-likeness (QED) is 0.0364. The molecule has 0 aromatic carbocycles. The number of carboxylic acid groups (broad SMARTS) is 2. The third kappa shape index (κ3) is 56.2. The fourth-order valence-electron chi connectivity index (χ4n) is 8.55. The van der Waals surface area contributed by atoms with Crippen LogP contribution < -0.4 is 0 Å². The highest BCUT2D eigenvalue weighted by Gasteiger charge is 1.99. The van der Waals surface area contributed by atoms with Crippen molar-refractivity contribution in [1.82, 2.24) is 0 Å². The molecule has 346 valence electrons. The van der Waals surface area contributed by atoms with Gasteiger partial charge in [-0.3, -0.25) is 0 Å². The van der Waals surface area contributed by atoms with Crippen LogP contribution in [0.5, 0.6) is 0 Å². The van der Waals surface area contributed by atoms with Crippen molar-refractivity contribution in [2.75, 3.05) is 0 Å². The van der Waals surface area contributed by atoms with Crippen molar-refractivity contribution in [3.63, 3.8) is 0 Å². The van der Waals surface area contributed by atoms with E-state index in [1.807, 2.05) is 0 Å². The average Bonchev–Trinajstić information content (AvgIpc) is 3.22. The summed E-state index contributed by atoms with van der Waals surface area (Å²) in [6.45, 7) is 0. The lowest BCUT2D eigenvalue weighted by Gasteiger charge is -2.05. The summed E-state index contributed by atoms with van der Waals surface area (Å²) in [5.74, 6) is -1.67. The van der Waals surface area contributed by atoms with Crippen molar-refractivity contribution in [2.24, 2.45) is 0 Å². The fourth-order valence-corrected chi connectivity index (χ4v) is 8.55. The summed E-state index contributed by atoms with van der Waals surface area (Å²) in [5, 5.41) is 17.2. The Morgan fingerprint density at radius 1 is 0.203 bits per heavy atom. The molecule has 0 fully saturated rings. The number of aliphatic carboxylic acids is 2. The van der Waals surface area contributed by atoms with Gasteiger partial charge in [-0.05, 0) is 51.4 Å². The molecule has 0 saturated heterocycles. The molecular weight excluding hydrogens is 725 g/mol. The Bertz CT molecular complexity index is 920. The maximum absolute atomic E-state index is 10.4. The van der Waals surface area contributed by atoms with Crippen LogP contribution in [0.1, 0.15) is 302 Å². The highest BCUT2D eigenvalue weighted by atomic mass is 16.4. The zero-order chi connectivity index (χ0) is 42.6. The monoisotopic (exact) mass is 827 g/mol. The highest BCUT2D eigenvalue weighted by molar-refractivity contribution is 5.79. The van der Waals surface area contributed by atoms with Crippen LogP contribution in [0.2, 0.25) is 0 Å². The van der Waals surface area contributed by atoms with E-state index in [2.05, 4.69) is 12.2 Å². The van der Waals surface area contributed by atoms with E-state index in [0.29, 0.717) is 0 Å². The van der Waals surface area contributed by atoms with Crippen LogP contribution in [0.25, 0.3) is 0 Å². The van der Waals surface area contributed by atoms with Crippen molar-refractivity contribution < 1.29 is 19.8 Å². The molecule has 4 nitrogen and oxygen atoms in total. The van der Waals surface area contributed by atoms with Crippen molar-refractivity contribution >= 4 is 11.9 Å². The summed E-state index contributed by atoms with van der Waals surface area (Å²) >= 11 is 0. The Morgan fingerprint density at radius 3 is 0.458 bits per heavy atom. The SMILES string of the molecule is O=C(O)C=CCCCCCCC=CCCCCCCCCCCCCCCCCCCCCCCCCCCCCCCCCCCCCCCCCCC=CC(=O)O. The summed E-state index contributed by atoms with van der Waals surface area (Å²) in [5.41, 5.74) is 0. The first kappa shape index (κ1) is 57.2. The molecule has 0 unspecified atom stereocenters. The molecule has 2 N–H and O–H groups in total. The zero-order valence-electron chi connectivity index (χ0n) is 39.4. The normalized spacial score (nSPS) is 11.9. The Labute approximate surface area is 368 Å². The third-order valence-corrected chi connectivity index (χ3v) is 12.4. The minimum atomic E-state index is -0.839. The molecule has 0 heterocycles. The lowest BCUT2D eigenvalue weighted by Crippen LogP contribution is -1.86. The van der Waals surface area contributed by atoms with Crippen LogP contribution in [0, 0.1) is 0 Å². The summed E-state index contributed by atoms with van der Waals surface area (Å²) in [6.07, 6.45) is 75.5. The maximum atomic E-state index is 10.4. The Morgan fingerprint density at radius 2 is 0.322 bits per heavy atom. The fraction of sp³-hybridized carbons (Fsp3) is 0.855. The van der Waals surface area contributed by atoms with Gasteiger partial charge in [0.15, 0.2) is 0 Å². The molecule has 0 spiro atoms. The first-order valence-corrected chi connectivity index (χ1v) is 26.6. The van der Waals surface area contributed by atoms with Crippen molar-refractivity contribution in [1.29, 1.82) is 0 Å². The first-order valence-electron chi connectivity index (χ1n) is 26.6. The Hall–Kier alpha value is -1.84. The van der Waals surface area contributed by atoms with E-state index in [1.54, 1.807) is 12.2 Å². The van der Waals surface area contributed by atoms with Crippen LogP contribution in [0.15, 0.2) is 36.5 Å². The standard InChI is InChI=1S/C55H102O4/c56-54(57)52-50-48-46-44-42-40-38-36-34-32-30-28-26-24-22-20-18-16-14-12-10-8-6-4-2-1-3-5-7-9-11-13-15-17-19-21-23-25-27-29-31-33-35-37-39-41-43-45-47-49-51-53-55(58)59/h34,36,50-53H,1-33,35,37-49H2,(H,56,57)(H,58,59). The zero-order valence-corrected chi connectivity index (χ0v) is 39.4. The number of hydrogen-bond donors (Lipinski definition) is 2. The van der Waals surface area contributed by atoms with Gasteiger partial charge in [-0.15, -0.1) is 0 Å². The van der Waals surface area contributed by atoms with E-state index >= 15 is 0 Å². The van der Waals surface area contributed by atoms with Gasteiger partial charge in [0.1, 0.15) is 0 Å². The molecule has 4 heteroatoms. The molecule has 0 aromatic rings. The van der Waals surface area contributed by atoms with Crippen LogP contribution in [-0.4, -0.2) is 22.2 Å². The lowest BCUT2D eigenvalue weighted by molar-refractivity contribution is -0.132. The molecule has 0 atom stereocenters. The molecule has 59 heavy (non-hydrogen) atoms. The number of allylic oxidation sites excluding steroid dienone is 4. The molecule has 0 bridgehead atoms. The summed E-state index contributed by atoms with van der Waals surface area (Å²) in [6, 6.07) is 0. The van der Waals surface area contributed by atoms with E-state index in [-0.39, 0.29) is 0 Å². The average molecular weight is 827 g/mol. The maximum Gasteiger partial charge on any atom is 0.327 e. The van der Waals surface area contributed by atoms with Crippen LogP contribution in [-0.2, 0) is 9.59 Å². The summed E-state index contributed by atoms with van der Waals surface area (Å²) in [7, 11) is 0. The van der Waals surface area contributed by atoms with Crippen molar-refractivity contribution in [3.05, 3.63) is 36.5 Å². The molecule has 0 aliphatic carbocycles. The van der Waals surface area contributed by atoms with Gasteiger partial charge in [0.2, 0.25) is 0 Å². The predicted octanol–water partition coefficient (Wildman–Crippen LogP) is 19.2. The van der Waals surface area contributed by atoms with Gasteiger partial charge < -0.3 is 10.2 Å². The topological polar surface area (TPSA) is 74.6 Å². The number of carbonyl (C=O) groups is 2. The van der Waals surface area contributed by atoms with Gasteiger partial charge in [0, 0.05) is 12.2 Å². The molecule has 0 aromatic heterocycles.